The highest BCUT2D eigenvalue weighted by atomic mass is 127. The molecule has 31 heavy (non-hydrogen) atoms. The monoisotopic (exact) mass is 512 g/mol. The summed E-state index contributed by atoms with van der Waals surface area (Å²) < 4.78 is 0.903. The third-order valence-corrected chi connectivity index (χ3v) is 5.49. The lowest BCUT2D eigenvalue weighted by atomic mass is 10.1. The first-order chi connectivity index (χ1) is 15.3. The minimum atomic E-state index is 0.711. The van der Waals surface area contributed by atoms with Gasteiger partial charge in [0.05, 0.1) is 17.1 Å². The van der Waals surface area contributed by atoms with E-state index < -0.39 is 0 Å². The van der Waals surface area contributed by atoms with E-state index in [0.717, 1.165) is 43.0 Å². The van der Waals surface area contributed by atoms with Crippen LogP contribution in [0.5, 0.6) is 0 Å². The fourth-order valence-corrected chi connectivity index (χ4v) is 3.89. The van der Waals surface area contributed by atoms with Crippen LogP contribution in [0.25, 0.3) is 45.2 Å². The van der Waals surface area contributed by atoms with Crippen LogP contribution < -0.4 is 0 Å². The Bertz CT molecular complexity index is 1200. The number of hydrogen-bond acceptors (Lipinski definition) is 4. The van der Waals surface area contributed by atoms with Gasteiger partial charge in [-0.1, -0.05) is 60.7 Å². The maximum Gasteiger partial charge on any atom is 0.160 e. The van der Waals surface area contributed by atoms with Crippen LogP contribution in [0, 0.1) is 3.70 Å². The molecular weight excluding hydrogens is 495 g/mol. The van der Waals surface area contributed by atoms with Gasteiger partial charge in [-0.25, -0.2) is 9.97 Å². The van der Waals surface area contributed by atoms with Crippen molar-refractivity contribution in [2.24, 2.45) is 0 Å². The summed E-state index contributed by atoms with van der Waals surface area (Å²) in [6, 6.07) is 30.4. The first-order valence-corrected chi connectivity index (χ1v) is 10.9. The highest BCUT2D eigenvalue weighted by Gasteiger charge is 2.09. The fraction of sp³-hybridized carbons (Fsp3) is 0. The molecule has 0 aliphatic heterocycles. The predicted octanol–water partition coefficient (Wildman–Crippen LogP) is 6.54. The molecular formula is C26H17IN4. The number of benzene rings is 2. The van der Waals surface area contributed by atoms with Crippen LogP contribution in [-0.4, -0.2) is 19.9 Å². The van der Waals surface area contributed by atoms with E-state index >= 15 is 0 Å². The second-order valence-corrected chi connectivity index (χ2v) is 8.09. The third kappa shape index (κ3) is 4.36. The molecule has 5 rings (SSSR count). The molecule has 4 nitrogen and oxygen atoms in total. The zero-order chi connectivity index (χ0) is 21.0. The fourth-order valence-electron chi connectivity index (χ4n) is 3.36. The van der Waals surface area contributed by atoms with Crippen LogP contribution in [0.4, 0.5) is 0 Å². The topological polar surface area (TPSA) is 51.6 Å². The molecule has 5 heteroatoms. The van der Waals surface area contributed by atoms with Gasteiger partial charge in [0.15, 0.2) is 5.82 Å². The lowest BCUT2D eigenvalue weighted by molar-refractivity contribution is 1.15. The Morgan fingerprint density at radius 1 is 0.484 bits per heavy atom. The summed E-state index contributed by atoms with van der Waals surface area (Å²) in [7, 11) is 0. The predicted molar refractivity (Wildman–Crippen MR) is 132 cm³/mol. The second kappa shape index (κ2) is 8.73. The summed E-state index contributed by atoms with van der Waals surface area (Å²) in [5.41, 5.74) is 6.98. The van der Waals surface area contributed by atoms with E-state index in [-0.39, 0.29) is 0 Å². The van der Waals surface area contributed by atoms with Gasteiger partial charge < -0.3 is 0 Å². The molecule has 5 aromatic rings. The third-order valence-electron chi connectivity index (χ3n) is 4.94. The maximum atomic E-state index is 4.83. The Labute approximate surface area is 194 Å². The Balaban J connectivity index is 1.45. The Hall–Kier alpha value is -3.45. The summed E-state index contributed by atoms with van der Waals surface area (Å²) in [5.74, 6) is 0.711. The van der Waals surface area contributed by atoms with Crippen molar-refractivity contribution in [3.8, 4) is 45.2 Å². The summed E-state index contributed by atoms with van der Waals surface area (Å²) in [6.45, 7) is 0. The lowest BCUT2D eigenvalue weighted by Crippen LogP contribution is -1.95. The van der Waals surface area contributed by atoms with E-state index in [9.17, 15) is 0 Å². The van der Waals surface area contributed by atoms with Gasteiger partial charge in [-0.2, -0.15) is 0 Å². The normalized spacial score (nSPS) is 10.7. The molecule has 148 valence electrons. The van der Waals surface area contributed by atoms with Crippen molar-refractivity contribution < 1.29 is 0 Å². The molecule has 0 bridgehead atoms. The van der Waals surface area contributed by atoms with E-state index in [1.807, 2.05) is 54.6 Å². The molecule has 2 aromatic carbocycles. The smallest absolute Gasteiger partial charge is 0.160 e. The molecule has 0 fully saturated rings. The van der Waals surface area contributed by atoms with Crippen LogP contribution in [0.2, 0.25) is 0 Å². The van der Waals surface area contributed by atoms with Crippen LogP contribution in [-0.2, 0) is 0 Å². The van der Waals surface area contributed by atoms with E-state index in [2.05, 4.69) is 73.9 Å². The molecule has 0 aliphatic carbocycles. The van der Waals surface area contributed by atoms with Crippen LogP contribution in [0.3, 0.4) is 0 Å². The Morgan fingerprint density at radius 3 is 1.45 bits per heavy atom. The highest BCUT2D eigenvalue weighted by molar-refractivity contribution is 14.1. The van der Waals surface area contributed by atoms with Crippen molar-refractivity contribution in [2.45, 2.75) is 0 Å². The molecule has 0 saturated heterocycles. The van der Waals surface area contributed by atoms with E-state index in [0.29, 0.717) is 5.82 Å². The molecule has 0 spiro atoms. The average molecular weight is 512 g/mol. The van der Waals surface area contributed by atoms with Crippen molar-refractivity contribution in [3.63, 3.8) is 0 Å². The van der Waals surface area contributed by atoms with E-state index in [1.54, 1.807) is 12.4 Å². The molecule has 0 aliphatic rings. The zero-order valence-corrected chi connectivity index (χ0v) is 18.6. The molecule has 0 saturated carbocycles. The summed E-state index contributed by atoms with van der Waals surface area (Å²) in [5, 5.41) is 0. The van der Waals surface area contributed by atoms with E-state index in [4.69, 9.17) is 4.98 Å². The number of nitrogens with zero attached hydrogens (tertiary/aromatic N) is 4. The van der Waals surface area contributed by atoms with Gasteiger partial charge in [0.1, 0.15) is 3.70 Å². The quantitative estimate of drug-likeness (QED) is 0.203. The van der Waals surface area contributed by atoms with Gasteiger partial charge in [-0.15, -0.1) is 0 Å². The Morgan fingerprint density at radius 2 is 0.968 bits per heavy atom. The van der Waals surface area contributed by atoms with Gasteiger partial charge in [-0.3, -0.25) is 9.97 Å². The molecule has 0 atom stereocenters. The van der Waals surface area contributed by atoms with Crippen molar-refractivity contribution in [1.29, 1.82) is 0 Å². The minimum absolute atomic E-state index is 0.711. The summed E-state index contributed by atoms with van der Waals surface area (Å²) in [6.07, 6.45) is 3.61. The molecule has 3 aromatic heterocycles. The van der Waals surface area contributed by atoms with Crippen molar-refractivity contribution >= 4 is 22.6 Å². The van der Waals surface area contributed by atoms with E-state index in [1.165, 1.54) is 0 Å². The van der Waals surface area contributed by atoms with Crippen LogP contribution in [0.1, 0.15) is 0 Å². The SMILES string of the molecule is Ic1cc(-c2ccc(-c3ccccn3)cc2)nc(-c2ccc(-c3ccccn3)cc2)n1. The number of halogens is 1. The van der Waals surface area contributed by atoms with Gasteiger partial charge in [0, 0.05) is 34.6 Å². The largest absolute Gasteiger partial charge is 0.256 e. The number of pyridine rings is 2. The van der Waals surface area contributed by atoms with Gasteiger partial charge in [0.25, 0.3) is 0 Å². The summed E-state index contributed by atoms with van der Waals surface area (Å²) in [4.78, 5) is 18.3. The first-order valence-electron chi connectivity index (χ1n) is 9.84. The zero-order valence-electron chi connectivity index (χ0n) is 16.5. The van der Waals surface area contributed by atoms with Crippen molar-refractivity contribution in [1.82, 2.24) is 19.9 Å². The molecule has 3 heterocycles. The molecule has 0 amide bonds. The minimum Gasteiger partial charge on any atom is -0.256 e. The van der Waals surface area contributed by atoms with Gasteiger partial charge >= 0.3 is 0 Å². The van der Waals surface area contributed by atoms with Gasteiger partial charge in [-0.05, 0) is 52.9 Å². The number of hydrogen-bond donors (Lipinski definition) is 0. The van der Waals surface area contributed by atoms with Crippen LogP contribution >= 0.6 is 22.6 Å². The molecule has 0 radical (unpaired) electrons. The lowest BCUT2D eigenvalue weighted by Gasteiger charge is -2.08. The average Bonchev–Trinajstić information content (AvgIpc) is 2.85. The van der Waals surface area contributed by atoms with Crippen molar-refractivity contribution in [3.05, 3.63) is 107 Å². The first kappa shape index (κ1) is 19.5. The number of aromatic nitrogens is 4. The van der Waals surface area contributed by atoms with Gasteiger partial charge in [0.2, 0.25) is 0 Å². The molecule has 0 N–H and O–H groups in total. The van der Waals surface area contributed by atoms with Crippen molar-refractivity contribution in [2.75, 3.05) is 0 Å². The Kier molecular flexibility index (Phi) is 5.50. The highest BCUT2D eigenvalue weighted by Crippen LogP contribution is 2.27. The maximum absolute atomic E-state index is 4.83. The number of rotatable bonds is 4. The summed E-state index contributed by atoms with van der Waals surface area (Å²) >= 11 is 2.25. The van der Waals surface area contributed by atoms with Crippen LogP contribution in [0.15, 0.2) is 103 Å². The standard InChI is InChI=1S/C26H17IN4/c27-25-17-24(20-9-7-18(8-10-20)22-5-1-3-15-28-22)30-26(31-25)21-13-11-19(12-14-21)23-6-2-4-16-29-23/h1-17H. The molecule has 0 unspecified atom stereocenters. The second-order valence-electron chi connectivity index (χ2n) is 6.98.